The van der Waals surface area contributed by atoms with Crippen LogP contribution in [0.15, 0.2) is 18.3 Å². The van der Waals surface area contributed by atoms with Crippen molar-refractivity contribution in [2.24, 2.45) is 0 Å². The summed E-state index contributed by atoms with van der Waals surface area (Å²) in [6.07, 6.45) is 0.766. The smallest absolute Gasteiger partial charge is 0.391 e. The largest absolute Gasteiger partial charge is 0.416 e. The lowest BCUT2D eigenvalue weighted by atomic mass is 10.0. The number of carbonyl (C=O) groups is 1. The van der Waals surface area contributed by atoms with Gasteiger partial charge in [-0.05, 0) is 18.9 Å². The fourth-order valence-corrected chi connectivity index (χ4v) is 5.12. The Morgan fingerprint density at radius 3 is 2.77 bits per heavy atom. The summed E-state index contributed by atoms with van der Waals surface area (Å²) >= 11 is 5.69. The molecule has 144 valence electrons. The first-order valence-corrected chi connectivity index (χ1v) is 10.1. The molecule has 3 heterocycles. The molecule has 1 amide bonds. The molecule has 0 saturated carbocycles. The van der Waals surface area contributed by atoms with Gasteiger partial charge in [-0.3, -0.25) is 0 Å². The van der Waals surface area contributed by atoms with E-state index in [1.807, 2.05) is 0 Å². The van der Waals surface area contributed by atoms with Crippen molar-refractivity contribution in [2.45, 2.75) is 31.2 Å². The van der Waals surface area contributed by atoms with Crippen molar-refractivity contribution >= 4 is 27.7 Å². The molecule has 0 spiro atoms. The zero-order chi connectivity index (χ0) is 18.9. The lowest BCUT2D eigenvalue weighted by Gasteiger charge is -2.42. The Balaban J connectivity index is 1.74. The monoisotopic (exact) mass is 409 g/mol. The molecule has 2 saturated heterocycles. The highest BCUT2D eigenvalue weighted by Gasteiger charge is 2.47. The van der Waals surface area contributed by atoms with E-state index in [0.717, 1.165) is 9.21 Å². The van der Waals surface area contributed by atoms with Crippen molar-refractivity contribution in [3.05, 3.63) is 23.4 Å². The van der Waals surface area contributed by atoms with Gasteiger partial charge in [-0.25, -0.2) is 27.0 Å². The fraction of sp³-hybridized carbons (Fsp3) is 0.600. The molecule has 1 atom stereocenters. The maximum absolute atomic E-state index is 14.2. The molecular weight excluding hydrogens is 392 g/mol. The second-order valence-electron chi connectivity index (χ2n) is 6.41. The predicted octanol–water partition coefficient (Wildman–Crippen LogP) is 2.37. The molecule has 0 aromatic carbocycles. The van der Waals surface area contributed by atoms with Gasteiger partial charge in [0.15, 0.2) is 0 Å². The van der Waals surface area contributed by atoms with Crippen molar-refractivity contribution in [2.75, 3.05) is 25.4 Å². The maximum atomic E-state index is 14.2. The van der Waals surface area contributed by atoms with E-state index in [4.69, 9.17) is 16.3 Å². The van der Waals surface area contributed by atoms with Crippen LogP contribution in [-0.2, 0) is 10.0 Å². The summed E-state index contributed by atoms with van der Waals surface area (Å²) < 4.78 is 58.9. The van der Waals surface area contributed by atoms with E-state index in [-0.39, 0.29) is 24.7 Å². The van der Waals surface area contributed by atoms with E-state index in [0.29, 0.717) is 17.9 Å². The predicted molar refractivity (Wildman–Crippen MR) is 89.9 cm³/mol. The molecule has 2 aliphatic heterocycles. The highest BCUT2D eigenvalue weighted by Crippen LogP contribution is 2.32. The standard InChI is InChI=1S/C15H18ClF2N3O4S/c16-11-3-4-13(19-8-11)25-14(22)20-9-12(7-15(17,18)10-20)21-5-1-2-6-26(21,23)24/h3-4,8,12H,1-2,5-7,9-10H2/t12-/m1/s1. The summed E-state index contributed by atoms with van der Waals surface area (Å²) in [5, 5.41) is 0.338. The number of piperidine rings is 1. The van der Waals surface area contributed by atoms with Crippen LogP contribution >= 0.6 is 11.6 Å². The minimum absolute atomic E-state index is 0.0613. The first-order chi connectivity index (χ1) is 12.2. The van der Waals surface area contributed by atoms with E-state index in [1.165, 1.54) is 18.3 Å². The Labute approximate surface area is 154 Å². The molecule has 0 bridgehead atoms. The molecule has 0 unspecified atom stereocenters. The number of nitrogens with zero attached hydrogens (tertiary/aromatic N) is 3. The molecule has 0 N–H and O–H groups in total. The van der Waals surface area contributed by atoms with Crippen LogP contribution in [0.3, 0.4) is 0 Å². The number of likely N-dealkylation sites (tertiary alicyclic amines) is 1. The van der Waals surface area contributed by atoms with Gasteiger partial charge in [-0.1, -0.05) is 11.6 Å². The molecule has 3 rings (SSSR count). The van der Waals surface area contributed by atoms with E-state index in [2.05, 4.69) is 4.98 Å². The number of amides is 1. The summed E-state index contributed by atoms with van der Waals surface area (Å²) in [4.78, 5) is 16.9. The van der Waals surface area contributed by atoms with E-state index in [1.54, 1.807) is 0 Å². The Morgan fingerprint density at radius 1 is 1.35 bits per heavy atom. The van der Waals surface area contributed by atoms with Crippen molar-refractivity contribution in [3.8, 4) is 5.88 Å². The third-order valence-corrected chi connectivity index (χ3v) is 6.56. The summed E-state index contributed by atoms with van der Waals surface area (Å²) in [5.74, 6) is -3.34. The Hall–Kier alpha value is -1.52. The van der Waals surface area contributed by atoms with Crippen molar-refractivity contribution in [1.82, 2.24) is 14.2 Å². The van der Waals surface area contributed by atoms with E-state index >= 15 is 0 Å². The molecule has 1 aromatic heterocycles. The first-order valence-electron chi connectivity index (χ1n) is 8.12. The average Bonchev–Trinajstić information content (AvgIpc) is 2.55. The zero-order valence-corrected chi connectivity index (χ0v) is 15.3. The van der Waals surface area contributed by atoms with Gasteiger partial charge in [-0.15, -0.1) is 0 Å². The third-order valence-electron chi connectivity index (χ3n) is 4.33. The molecule has 0 radical (unpaired) electrons. The van der Waals surface area contributed by atoms with Crippen molar-refractivity contribution < 1.29 is 26.7 Å². The average molecular weight is 410 g/mol. The fourth-order valence-electron chi connectivity index (χ4n) is 3.20. The highest BCUT2D eigenvalue weighted by molar-refractivity contribution is 7.89. The number of carbonyl (C=O) groups excluding carboxylic acids is 1. The van der Waals surface area contributed by atoms with Gasteiger partial charge in [0.1, 0.15) is 0 Å². The molecular formula is C15H18ClF2N3O4S. The molecule has 11 heteroatoms. The Morgan fingerprint density at radius 2 is 2.12 bits per heavy atom. The molecule has 2 aliphatic rings. The van der Waals surface area contributed by atoms with Gasteiger partial charge in [0.2, 0.25) is 15.9 Å². The molecule has 2 fully saturated rings. The van der Waals surface area contributed by atoms with E-state index in [9.17, 15) is 22.0 Å². The maximum Gasteiger partial charge on any atom is 0.416 e. The Kier molecular flexibility index (Phi) is 5.36. The van der Waals surface area contributed by atoms with Crippen LogP contribution in [0.1, 0.15) is 19.3 Å². The van der Waals surface area contributed by atoms with Gasteiger partial charge in [-0.2, -0.15) is 4.31 Å². The van der Waals surface area contributed by atoms with Crippen LogP contribution < -0.4 is 4.74 Å². The van der Waals surface area contributed by atoms with E-state index < -0.39 is 41.0 Å². The zero-order valence-electron chi connectivity index (χ0n) is 13.8. The Bertz CT molecular complexity index is 776. The molecule has 26 heavy (non-hydrogen) atoms. The van der Waals surface area contributed by atoms with Crippen LogP contribution in [-0.4, -0.2) is 66.1 Å². The van der Waals surface area contributed by atoms with Crippen LogP contribution in [0.5, 0.6) is 5.88 Å². The number of rotatable bonds is 2. The second kappa shape index (κ2) is 7.24. The molecule has 1 aromatic rings. The minimum atomic E-state index is -3.59. The van der Waals surface area contributed by atoms with Gasteiger partial charge >= 0.3 is 6.09 Å². The highest BCUT2D eigenvalue weighted by atomic mass is 35.5. The van der Waals surface area contributed by atoms with Crippen LogP contribution in [0.4, 0.5) is 13.6 Å². The number of pyridine rings is 1. The topological polar surface area (TPSA) is 79.8 Å². The number of alkyl halides is 2. The summed E-state index contributed by atoms with van der Waals surface area (Å²) in [7, 11) is -3.59. The third kappa shape index (κ3) is 4.41. The number of hydrogen-bond donors (Lipinski definition) is 0. The lowest BCUT2D eigenvalue weighted by molar-refractivity contribution is -0.0771. The summed E-state index contributed by atoms with van der Waals surface area (Å²) in [5.41, 5.74) is 0. The van der Waals surface area contributed by atoms with Crippen molar-refractivity contribution in [1.29, 1.82) is 0 Å². The molecule has 7 nitrogen and oxygen atoms in total. The normalized spacial score (nSPS) is 25.7. The number of aromatic nitrogens is 1. The summed E-state index contributed by atoms with van der Waals surface area (Å²) in [6.45, 7) is -0.796. The quantitative estimate of drug-likeness (QED) is 0.749. The van der Waals surface area contributed by atoms with Gasteiger partial charge in [0.25, 0.3) is 5.92 Å². The summed E-state index contributed by atoms with van der Waals surface area (Å²) in [6, 6.07) is 1.81. The van der Waals surface area contributed by atoms with Gasteiger partial charge in [0, 0.05) is 37.8 Å². The van der Waals surface area contributed by atoms with Gasteiger partial charge < -0.3 is 9.64 Å². The SMILES string of the molecule is O=C(Oc1ccc(Cl)cn1)N1C[C@H](N2CCCCS2(=O)=O)CC(F)(F)C1. The minimum Gasteiger partial charge on any atom is -0.391 e. The van der Waals surface area contributed by atoms with Crippen LogP contribution in [0.2, 0.25) is 5.02 Å². The van der Waals surface area contributed by atoms with Crippen LogP contribution in [0, 0.1) is 0 Å². The molecule has 0 aliphatic carbocycles. The number of halogens is 3. The number of hydrogen-bond acceptors (Lipinski definition) is 5. The van der Waals surface area contributed by atoms with Gasteiger partial charge in [0.05, 0.1) is 17.3 Å². The first kappa shape index (κ1) is 19.2. The van der Waals surface area contributed by atoms with Crippen LogP contribution in [0.25, 0.3) is 0 Å². The van der Waals surface area contributed by atoms with Crippen molar-refractivity contribution in [3.63, 3.8) is 0 Å². The lowest BCUT2D eigenvalue weighted by Crippen LogP contribution is -2.59. The number of sulfonamides is 1. The number of ether oxygens (including phenoxy) is 1. The second-order valence-corrected chi connectivity index (χ2v) is 8.89.